The minimum absolute atomic E-state index is 0.0752. The predicted octanol–water partition coefficient (Wildman–Crippen LogP) is 1.78. The predicted molar refractivity (Wildman–Crippen MR) is 124 cm³/mol. The number of carbonyl (C=O) groups is 2. The highest BCUT2D eigenvalue weighted by Crippen LogP contribution is 2.47. The van der Waals surface area contributed by atoms with Gasteiger partial charge in [0, 0.05) is 18.2 Å². The van der Waals surface area contributed by atoms with Gasteiger partial charge in [0.05, 0.1) is 27.7 Å². The first-order valence-electron chi connectivity index (χ1n) is 11.5. The monoisotopic (exact) mass is 499 g/mol. The third-order valence-corrected chi connectivity index (χ3v) is 8.19. The molecule has 182 valence electrons. The molecule has 2 bridgehead atoms. The maximum Gasteiger partial charge on any atom is 0.258 e. The second-order valence-corrected chi connectivity index (χ2v) is 10.5. The normalized spacial score (nSPS) is 33.4. The van der Waals surface area contributed by atoms with Gasteiger partial charge >= 0.3 is 0 Å². The van der Waals surface area contributed by atoms with Crippen molar-refractivity contribution in [1.29, 1.82) is 0 Å². The molecule has 1 heterocycles. The van der Waals surface area contributed by atoms with Crippen molar-refractivity contribution in [3.8, 4) is 5.75 Å². The van der Waals surface area contributed by atoms with Crippen LogP contribution in [0.4, 0.5) is 0 Å². The second-order valence-electron chi connectivity index (χ2n) is 9.64. The molecule has 5 rings (SSSR count). The van der Waals surface area contributed by atoms with Gasteiger partial charge in [-0.25, -0.2) is 0 Å². The summed E-state index contributed by atoms with van der Waals surface area (Å²) in [7, 11) is 0. The summed E-state index contributed by atoms with van der Waals surface area (Å²) in [6, 6.07) is 4.46. The summed E-state index contributed by atoms with van der Waals surface area (Å²) in [5, 5.41) is 30.5. The lowest BCUT2D eigenvalue weighted by atomic mass is 9.59. The molecule has 2 unspecified atom stereocenters. The molecular formula is C23H31Cl2N3O5. The van der Waals surface area contributed by atoms with Crippen LogP contribution in [0.3, 0.4) is 0 Å². The molecule has 4 fully saturated rings. The molecule has 1 aromatic rings. The van der Waals surface area contributed by atoms with E-state index in [4.69, 9.17) is 27.9 Å². The molecule has 3 atom stereocenters. The van der Waals surface area contributed by atoms with Gasteiger partial charge in [-0.2, -0.15) is 0 Å². The Labute approximate surface area is 203 Å². The fraction of sp³-hybridized carbons (Fsp3) is 0.652. The highest BCUT2D eigenvalue weighted by Gasteiger charge is 2.55. The lowest BCUT2D eigenvalue weighted by molar-refractivity contribution is -0.137. The van der Waals surface area contributed by atoms with Crippen molar-refractivity contribution in [1.82, 2.24) is 16.0 Å². The number of halogens is 2. The van der Waals surface area contributed by atoms with Crippen LogP contribution in [0.25, 0.3) is 0 Å². The average Bonchev–Trinajstić information content (AvgIpc) is 2.81. The molecule has 0 aromatic heterocycles. The zero-order valence-corrected chi connectivity index (χ0v) is 19.9. The second kappa shape index (κ2) is 9.96. The topological polar surface area (TPSA) is 120 Å². The standard InChI is InChI=1S/C23H31Cl2N3O5/c24-16-2-1-15(10-17(16)25)33-13-20(31)27-23-6-4-22(5-7-23,11-19(23)30)28-21(32)18-9-14(12-29)3-8-26-18/h1-2,10,14,18-19,26,29-30H,3-9,11-13H2,(H,27,31)(H,28,32)/t14?,18?,19-,22?,23?/m0/s1. The smallest absolute Gasteiger partial charge is 0.258 e. The van der Waals surface area contributed by atoms with E-state index >= 15 is 0 Å². The van der Waals surface area contributed by atoms with Crippen LogP contribution in [0, 0.1) is 5.92 Å². The van der Waals surface area contributed by atoms with Crippen LogP contribution in [0.15, 0.2) is 18.2 Å². The van der Waals surface area contributed by atoms with E-state index in [-0.39, 0.29) is 37.0 Å². The Morgan fingerprint density at radius 1 is 1.15 bits per heavy atom. The maximum absolute atomic E-state index is 12.9. The van der Waals surface area contributed by atoms with Gasteiger partial charge < -0.3 is 30.9 Å². The summed E-state index contributed by atoms with van der Waals surface area (Å²) in [6.07, 6.45) is 3.61. The van der Waals surface area contributed by atoms with Crippen molar-refractivity contribution in [2.45, 2.75) is 68.2 Å². The molecule has 1 aliphatic heterocycles. The van der Waals surface area contributed by atoms with Crippen LogP contribution in [-0.4, -0.2) is 65.0 Å². The van der Waals surface area contributed by atoms with Crippen LogP contribution in [0.5, 0.6) is 5.75 Å². The Hall–Kier alpha value is -1.58. The zero-order valence-electron chi connectivity index (χ0n) is 18.4. The maximum atomic E-state index is 12.9. The number of aliphatic hydroxyl groups is 2. The number of rotatable bonds is 7. The van der Waals surface area contributed by atoms with Crippen molar-refractivity contribution in [3.63, 3.8) is 0 Å². The Morgan fingerprint density at radius 3 is 2.58 bits per heavy atom. The molecule has 3 aliphatic carbocycles. The number of amides is 2. The third-order valence-electron chi connectivity index (χ3n) is 7.45. The Bertz CT molecular complexity index is 891. The molecule has 33 heavy (non-hydrogen) atoms. The number of hydrogen-bond acceptors (Lipinski definition) is 6. The number of fused-ring (bicyclic) bond motifs is 3. The summed E-state index contributed by atoms with van der Waals surface area (Å²) in [5.41, 5.74) is -1.18. The Morgan fingerprint density at radius 2 is 1.91 bits per heavy atom. The van der Waals surface area contributed by atoms with E-state index in [0.29, 0.717) is 60.9 Å². The summed E-state index contributed by atoms with van der Waals surface area (Å²) in [5.74, 6) is 0.178. The summed E-state index contributed by atoms with van der Waals surface area (Å²) >= 11 is 11.9. The summed E-state index contributed by atoms with van der Waals surface area (Å²) < 4.78 is 5.52. The molecule has 0 spiro atoms. The first-order valence-corrected chi connectivity index (χ1v) is 12.2. The van der Waals surface area contributed by atoms with Gasteiger partial charge in [0.2, 0.25) is 5.91 Å². The molecule has 5 N–H and O–H groups in total. The lowest BCUT2D eigenvalue weighted by Gasteiger charge is -2.56. The van der Waals surface area contributed by atoms with Gasteiger partial charge in [0.15, 0.2) is 6.61 Å². The minimum Gasteiger partial charge on any atom is -0.484 e. The van der Waals surface area contributed by atoms with Crippen LogP contribution in [-0.2, 0) is 9.59 Å². The third kappa shape index (κ3) is 5.41. The summed E-state index contributed by atoms with van der Waals surface area (Å²) in [6.45, 7) is 0.596. The first-order chi connectivity index (χ1) is 15.7. The van der Waals surface area contributed by atoms with Gasteiger partial charge in [-0.15, -0.1) is 0 Å². The molecule has 1 aromatic carbocycles. The van der Waals surface area contributed by atoms with Crippen molar-refractivity contribution in [2.24, 2.45) is 5.92 Å². The van der Waals surface area contributed by atoms with E-state index in [2.05, 4.69) is 16.0 Å². The largest absolute Gasteiger partial charge is 0.484 e. The van der Waals surface area contributed by atoms with E-state index in [1.807, 2.05) is 0 Å². The highest BCUT2D eigenvalue weighted by molar-refractivity contribution is 6.42. The molecule has 2 amide bonds. The van der Waals surface area contributed by atoms with E-state index in [9.17, 15) is 19.8 Å². The highest BCUT2D eigenvalue weighted by atomic mass is 35.5. The van der Waals surface area contributed by atoms with Gasteiger partial charge in [-0.1, -0.05) is 23.2 Å². The van der Waals surface area contributed by atoms with Crippen LogP contribution in [0.1, 0.15) is 44.9 Å². The fourth-order valence-corrected chi connectivity index (χ4v) is 5.69. The number of nitrogens with one attached hydrogen (secondary N) is 3. The van der Waals surface area contributed by atoms with Gasteiger partial charge in [-0.3, -0.25) is 9.59 Å². The molecule has 1 saturated heterocycles. The van der Waals surface area contributed by atoms with Gasteiger partial charge in [-0.05, 0) is 69.5 Å². The Kier molecular flexibility index (Phi) is 7.41. The fourth-order valence-electron chi connectivity index (χ4n) is 5.40. The first kappa shape index (κ1) is 24.5. The number of benzene rings is 1. The number of piperidine rings is 1. The zero-order chi connectivity index (χ0) is 23.6. The molecular weight excluding hydrogens is 469 g/mol. The number of ether oxygens (including phenoxy) is 1. The minimum atomic E-state index is -0.765. The molecule has 4 aliphatic rings. The Balaban J connectivity index is 1.30. The van der Waals surface area contributed by atoms with Gasteiger partial charge in [0.1, 0.15) is 5.75 Å². The van der Waals surface area contributed by atoms with Crippen molar-refractivity contribution in [2.75, 3.05) is 19.8 Å². The van der Waals surface area contributed by atoms with E-state index in [0.717, 1.165) is 6.42 Å². The van der Waals surface area contributed by atoms with Crippen LogP contribution < -0.4 is 20.7 Å². The van der Waals surface area contributed by atoms with E-state index < -0.39 is 17.2 Å². The van der Waals surface area contributed by atoms with E-state index in [1.165, 1.54) is 0 Å². The van der Waals surface area contributed by atoms with E-state index in [1.54, 1.807) is 18.2 Å². The number of carbonyl (C=O) groups excluding carboxylic acids is 2. The lowest BCUT2D eigenvalue weighted by Crippen LogP contribution is -2.71. The molecule has 10 heteroatoms. The number of hydrogen-bond donors (Lipinski definition) is 5. The molecule has 3 saturated carbocycles. The summed E-state index contributed by atoms with van der Waals surface area (Å²) in [4.78, 5) is 25.5. The van der Waals surface area contributed by atoms with Crippen LogP contribution in [0.2, 0.25) is 10.0 Å². The van der Waals surface area contributed by atoms with Crippen molar-refractivity contribution in [3.05, 3.63) is 28.2 Å². The molecule has 0 radical (unpaired) electrons. The molecule has 8 nitrogen and oxygen atoms in total. The average molecular weight is 500 g/mol. The quantitative estimate of drug-likeness (QED) is 0.390. The number of aliphatic hydroxyl groups excluding tert-OH is 2. The van der Waals surface area contributed by atoms with Gasteiger partial charge in [0.25, 0.3) is 5.91 Å². The SMILES string of the molecule is O=C(COc1ccc(Cl)c(Cl)c1)NC12CCC(NC(=O)C3CC(CO)CCN3)(CC1)C[C@@H]2O. The van der Waals surface area contributed by atoms with Crippen LogP contribution >= 0.6 is 23.2 Å². The van der Waals surface area contributed by atoms with Crippen molar-refractivity contribution >= 4 is 35.0 Å². The van der Waals surface area contributed by atoms with Crippen molar-refractivity contribution < 1.29 is 24.5 Å².